The van der Waals surface area contributed by atoms with Gasteiger partial charge in [0.2, 0.25) is 5.16 Å². The van der Waals surface area contributed by atoms with Crippen molar-refractivity contribution in [2.75, 3.05) is 11.7 Å². The van der Waals surface area contributed by atoms with E-state index in [1.165, 1.54) is 17.3 Å². The first-order valence-electron chi connectivity index (χ1n) is 6.86. The van der Waals surface area contributed by atoms with Gasteiger partial charge in [-0.1, -0.05) is 42.8 Å². The van der Waals surface area contributed by atoms with Gasteiger partial charge in [0, 0.05) is 0 Å². The minimum Gasteiger partial charge on any atom is -0.278 e. The molecule has 0 spiro atoms. The molecule has 0 saturated heterocycles. The average molecular weight is 301 g/mol. The topological polar surface area (TPSA) is 63.1 Å². The van der Waals surface area contributed by atoms with Gasteiger partial charge in [-0.3, -0.25) is 5.43 Å². The van der Waals surface area contributed by atoms with E-state index in [0.29, 0.717) is 5.16 Å². The Morgan fingerprint density at radius 2 is 2.05 bits per heavy atom. The SMILES string of the molecule is CCC/C(=N\Nc1ccc(C)cc1)c1cnnc(SC)n1. The van der Waals surface area contributed by atoms with Crippen molar-refractivity contribution in [2.24, 2.45) is 5.10 Å². The minimum atomic E-state index is 0.659. The minimum absolute atomic E-state index is 0.659. The monoisotopic (exact) mass is 301 g/mol. The summed E-state index contributed by atoms with van der Waals surface area (Å²) in [5.41, 5.74) is 6.94. The molecule has 0 aliphatic carbocycles. The Morgan fingerprint density at radius 1 is 1.29 bits per heavy atom. The van der Waals surface area contributed by atoms with Crippen LogP contribution in [-0.2, 0) is 0 Å². The Balaban J connectivity index is 2.20. The fourth-order valence-electron chi connectivity index (χ4n) is 1.75. The van der Waals surface area contributed by atoms with Crippen molar-refractivity contribution in [3.63, 3.8) is 0 Å². The number of aromatic nitrogens is 3. The molecule has 1 heterocycles. The number of rotatable bonds is 6. The zero-order valence-electron chi connectivity index (χ0n) is 12.5. The summed E-state index contributed by atoms with van der Waals surface area (Å²) in [5, 5.41) is 13.1. The molecule has 2 aromatic rings. The van der Waals surface area contributed by atoms with E-state index in [1.54, 1.807) is 6.20 Å². The van der Waals surface area contributed by atoms with Crippen molar-refractivity contribution in [3.8, 4) is 0 Å². The van der Waals surface area contributed by atoms with E-state index >= 15 is 0 Å². The number of anilines is 1. The molecule has 0 saturated carbocycles. The first-order chi connectivity index (χ1) is 10.2. The molecule has 1 aromatic heterocycles. The molecule has 0 unspecified atom stereocenters. The van der Waals surface area contributed by atoms with Crippen LogP contribution in [0.15, 0.2) is 40.7 Å². The molecule has 0 bridgehead atoms. The lowest BCUT2D eigenvalue weighted by molar-refractivity contribution is 0.828. The highest BCUT2D eigenvalue weighted by molar-refractivity contribution is 7.98. The van der Waals surface area contributed by atoms with E-state index in [-0.39, 0.29) is 0 Å². The quantitative estimate of drug-likeness (QED) is 0.502. The Morgan fingerprint density at radius 3 is 2.71 bits per heavy atom. The molecule has 0 aliphatic rings. The summed E-state index contributed by atoms with van der Waals surface area (Å²) < 4.78 is 0. The maximum absolute atomic E-state index is 4.49. The van der Waals surface area contributed by atoms with Crippen LogP contribution in [0.3, 0.4) is 0 Å². The highest BCUT2D eigenvalue weighted by Crippen LogP contribution is 2.12. The van der Waals surface area contributed by atoms with Gasteiger partial charge < -0.3 is 0 Å². The van der Waals surface area contributed by atoms with Crippen molar-refractivity contribution >= 4 is 23.2 Å². The predicted octanol–water partition coefficient (Wildman–Crippen LogP) is 3.52. The maximum atomic E-state index is 4.49. The van der Waals surface area contributed by atoms with Gasteiger partial charge in [-0.05, 0) is 31.7 Å². The second-order valence-electron chi connectivity index (χ2n) is 4.61. The molecule has 0 amide bonds. The van der Waals surface area contributed by atoms with Crippen LogP contribution in [0.25, 0.3) is 0 Å². The summed E-state index contributed by atoms with van der Waals surface area (Å²) in [4.78, 5) is 4.46. The van der Waals surface area contributed by atoms with E-state index < -0.39 is 0 Å². The number of hydrazone groups is 1. The van der Waals surface area contributed by atoms with Crippen LogP contribution in [-0.4, -0.2) is 27.1 Å². The summed E-state index contributed by atoms with van der Waals surface area (Å²) in [6, 6.07) is 8.12. The third-order valence-electron chi connectivity index (χ3n) is 2.88. The van der Waals surface area contributed by atoms with Crippen molar-refractivity contribution in [3.05, 3.63) is 41.7 Å². The summed E-state index contributed by atoms with van der Waals surface area (Å²) in [5.74, 6) is 0. The lowest BCUT2D eigenvalue weighted by Crippen LogP contribution is -2.09. The van der Waals surface area contributed by atoms with Gasteiger partial charge in [0.25, 0.3) is 0 Å². The molecule has 0 radical (unpaired) electrons. The smallest absolute Gasteiger partial charge is 0.209 e. The normalized spacial score (nSPS) is 11.5. The largest absolute Gasteiger partial charge is 0.278 e. The second-order valence-corrected chi connectivity index (χ2v) is 5.39. The molecule has 6 heteroatoms. The van der Waals surface area contributed by atoms with Gasteiger partial charge in [-0.2, -0.15) is 10.2 Å². The third kappa shape index (κ3) is 4.53. The van der Waals surface area contributed by atoms with E-state index in [4.69, 9.17) is 0 Å². The van der Waals surface area contributed by atoms with Gasteiger partial charge in [-0.25, -0.2) is 4.98 Å². The van der Waals surface area contributed by atoms with Gasteiger partial charge in [0.05, 0.1) is 17.6 Å². The average Bonchev–Trinajstić information content (AvgIpc) is 2.53. The zero-order chi connectivity index (χ0) is 15.1. The van der Waals surface area contributed by atoms with E-state index in [1.807, 2.05) is 18.4 Å². The second kappa shape index (κ2) is 7.73. The Labute approximate surface area is 129 Å². The molecule has 5 nitrogen and oxygen atoms in total. The summed E-state index contributed by atoms with van der Waals surface area (Å²) in [6.07, 6.45) is 5.42. The summed E-state index contributed by atoms with van der Waals surface area (Å²) in [6.45, 7) is 4.18. The van der Waals surface area contributed by atoms with Crippen LogP contribution in [0.4, 0.5) is 5.69 Å². The molecular formula is C15H19N5S. The van der Waals surface area contributed by atoms with E-state index in [9.17, 15) is 0 Å². The highest BCUT2D eigenvalue weighted by atomic mass is 32.2. The Bertz CT molecular complexity index is 610. The number of aryl methyl sites for hydroxylation is 1. The molecule has 0 atom stereocenters. The van der Waals surface area contributed by atoms with Gasteiger partial charge in [0.1, 0.15) is 5.69 Å². The molecule has 110 valence electrons. The maximum Gasteiger partial charge on any atom is 0.209 e. The van der Waals surface area contributed by atoms with Gasteiger partial charge >= 0.3 is 0 Å². The molecule has 0 aliphatic heterocycles. The Hall–Kier alpha value is -1.95. The molecule has 0 fully saturated rings. The van der Waals surface area contributed by atoms with Crippen molar-refractivity contribution in [1.82, 2.24) is 15.2 Å². The van der Waals surface area contributed by atoms with Crippen LogP contribution >= 0.6 is 11.8 Å². The number of benzene rings is 1. The molecule has 21 heavy (non-hydrogen) atoms. The highest BCUT2D eigenvalue weighted by Gasteiger charge is 2.07. The van der Waals surface area contributed by atoms with E-state index in [2.05, 4.69) is 51.7 Å². The van der Waals surface area contributed by atoms with Crippen molar-refractivity contribution < 1.29 is 0 Å². The molecule has 1 aromatic carbocycles. The van der Waals surface area contributed by atoms with Crippen LogP contribution < -0.4 is 5.43 Å². The Kier molecular flexibility index (Phi) is 5.68. The van der Waals surface area contributed by atoms with Crippen molar-refractivity contribution in [2.45, 2.75) is 31.8 Å². The van der Waals surface area contributed by atoms with E-state index in [0.717, 1.165) is 29.9 Å². The first-order valence-corrected chi connectivity index (χ1v) is 8.08. The fourth-order valence-corrected chi connectivity index (χ4v) is 2.07. The van der Waals surface area contributed by atoms with Crippen LogP contribution in [0.2, 0.25) is 0 Å². The first kappa shape index (κ1) is 15.4. The predicted molar refractivity (Wildman–Crippen MR) is 87.9 cm³/mol. The molecule has 2 rings (SSSR count). The zero-order valence-corrected chi connectivity index (χ0v) is 13.3. The third-order valence-corrected chi connectivity index (χ3v) is 3.41. The van der Waals surface area contributed by atoms with Crippen molar-refractivity contribution in [1.29, 1.82) is 0 Å². The number of nitrogens with zero attached hydrogens (tertiary/aromatic N) is 4. The number of thioether (sulfide) groups is 1. The summed E-state index contributed by atoms with van der Waals surface area (Å²) in [7, 11) is 0. The van der Waals surface area contributed by atoms with Gasteiger partial charge in [-0.15, -0.1) is 5.10 Å². The van der Waals surface area contributed by atoms with Gasteiger partial charge in [0.15, 0.2) is 0 Å². The number of hydrogen-bond donors (Lipinski definition) is 1. The number of hydrogen-bond acceptors (Lipinski definition) is 6. The van der Waals surface area contributed by atoms with Crippen LogP contribution in [0.5, 0.6) is 0 Å². The summed E-state index contributed by atoms with van der Waals surface area (Å²) >= 11 is 1.47. The standard InChI is InChI=1S/C15H19N5S/c1-4-5-13(14-10-16-20-15(17-14)21-3)19-18-12-8-6-11(2)7-9-12/h6-10,18H,4-5H2,1-3H3/b19-13+. The lowest BCUT2D eigenvalue weighted by Gasteiger charge is -2.07. The van der Waals surface area contributed by atoms with Crippen LogP contribution in [0.1, 0.15) is 31.0 Å². The fraction of sp³-hybridized carbons (Fsp3) is 0.333. The lowest BCUT2D eigenvalue weighted by atomic mass is 10.2. The molecule has 1 N–H and O–H groups in total. The van der Waals surface area contributed by atoms with Crippen LogP contribution in [0, 0.1) is 6.92 Å². The number of nitrogens with one attached hydrogen (secondary N) is 1. The molecular weight excluding hydrogens is 282 g/mol.